The Morgan fingerprint density at radius 3 is 2.47 bits per heavy atom. The maximum atomic E-state index is 12.8. The Morgan fingerprint density at radius 1 is 1.12 bits per heavy atom. The fourth-order valence-electron chi connectivity index (χ4n) is 3.34. The summed E-state index contributed by atoms with van der Waals surface area (Å²) in [4.78, 5) is 12.8. The van der Waals surface area contributed by atoms with Crippen molar-refractivity contribution >= 4 is 11.0 Å². The molecule has 0 radical (unpaired) electrons. The van der Waals surface area contributed by atoms with E-state index in [0.717, 1.165) is 5.57 Å². The molecule has 1 aromatic heterocycles. The molecule has 2 heterocycles. The highest BCUT2D eigenvalue weighted by Crippen LogP contribution is 2.44. The van der Waals surface area contributed by atoms with Gasteiger partial charge in [0.25, 0.3) is 0 Å². The first-order valence-electron chi connectivity index (χ1n) is 10.1. The molecule has 3 rings (SSSR count). The summed E-state index contributed by atoms with van der Waals surface area (Å²) in [6, 6.07) is 2.76. The van der Waals surface area contributed by atoms with Crippen molar-refractivity contribution in [2.45, 2.75) is 51.5 Å². The topological polar surface area (TPSA) is 148 Å². The molecular formula is C22H28O10. The first-order chi connectivity index (χ1) is 15.2. The van der Waals surface area contributed by atoms with Gasteiger partial charge in [-0.05, 0) is 26.8 Å². The number of ether oxygens (including phenoxy) is 4. The Hall–Kier alpha value is -2.63. The zero-order chi connectivity index (χ0) is 23.6. The predicted octanol–water partition coefficient (Wildman–Crippen LogP) is 0.634. The van der Waals surface area contributed by atoms with Crippen LogP contribution in [0.3, 0.4) is 0 Å². The van der Waals surface area contributed by atoms with Gasteiger partial charge in [0.05, 0.1) is 13.7 Å². The summed E-state index contributed by atoms with van der Waals surface area (Å²) in [6.07, 6.45) is -5.82. The molecule has 1 saturated heterocycles. The van der Waals surface area contributed by atoms with E-state index in [9.17, 15) is 25.2 Å². The van der Waals surface area contributed by atoms with Crippen LogP contribution in [0.1, 0.15) is 19.6 Å². The van der Waals surface area contributed by atoms with Crippen molar-refractivity contribution in [3.8, 4) is 17.2 Å². The fraction of sp³-hybridized carbons (Fsp3) is 0.500. The minimum absolute atomic E-state index is 0.0144. The molecule has 0 aliphatic carbocycles. The van der Waals surface area contributed by atoms with Crippen molar-refractivity contribution in [3.63, 3.8) is 0 Å². The van der Waals surface area contributed by atoms with Gasteiger partial charge >= 0.3 is 0 Å². The van der Waals surface area contributed by atoms with Crippen LogP contribution in [0.5, 0.6) is 17.2 Å². The second-order valence-electron chi connectivity index (χ2n) is 7.74. The molecule has 10 nitrogen and oxygen atoms in total. The fourth-order valence-corrected chi connectivity index (χ4v) is 3.34. The van der Waals surface area contributed by atoms with Gasteiger partial charge < -0.3 is 43.8 Å². The van der Waals surface area contributed by atoms with E-state index in [4.69, 9.17) is 23.4 Å². The summed E-state index contributed by atoms with van der Waals surface area (Å²) in [5.74, 6) is 0.500. The van der Waals surface area contributed by atoms with Crippen LogP contribution in [0.15, 0.2) is 33.0 Å². The summed E-state index contributed by atoms with van der Waals surface area (Å²) in [6.45, 7) is 4.90. The van der Waals surface area contributed by atoms with E-state index in [1.54, 1.807) is 13.0 Å². The average molecular weight is 452 g/mol. The second kappa shape index (κ2) is 9.88. The highest BCUT2D eigenvalue weighted by atomic mass is 16.7. The van der Waals surface area contributed by atoms with Crippen LogP contribution in [0, 0.1) is 6.92 Å². The Morgan fingerprint density at radius 2 is 1.84 bits per heavy atom. The number of aryl methyl sites for hydroxylation is 1. The molecule has 1 aromatic carbocycles. The van der Waals surface area contributed by atoms with Crippen molar-refractivity contribution < 1.29 is 43.8 Å². The van der Waals surface area contributed by atoms with Gasteiger partial charge in [-0.2, -0.15) is 0 Å². The number of benzene rings is 1. The number of fused-ring (bicyclic) bond motifs is 1. The number of aliphatic hydroxyl groups is 4. The maximum Gasteiger partial charge on any atom is 0.229 e. The van der Waals surface area contributed by atoms with Crippen LogP contribution < -0.4 is 19.6 Å². The third-order valence-electron chi connectivity index (χ3n) is 5.04. The Bertz CT molecular complexity index is 1040. The molecule has 1 aliphatic heterocycles. The molecule has 0 amide bonds. The van der Waals surface area contributed by atoms with E-state index >= 15 is 0 Å². The number of allylic oxidation sites excluding steroid dienone is 1. The van der Waals surface area contributed by atoms with E-state index < -0.39 is 42.7 Å². The molecule has 0 spiro atoms. The van der Waals surface area contributed by atoms with Crippen molar-refractivity contribution in [2.24, 2.45) is 0 Å². The Balaban J connectivity index is 2.15. The SMILES string of the molecule is COc1cc2oc(C)cc(=O)c2c(OC2OC(CO)C(O)C(O)C2O)c1OCC=C(C)C. The first kappa shape index (κ1) is 24.0. The number of methoxy groups -OCH3 is 1. The zero-order valence-corrected chi connectivity index (χ0v) is 18.3. The van der Waals surface area contributed by atoms with Crippen LogP contribution >= 0.6 is 0 Å². The van der Waals surface area contributed by atoms with E-state index in [0.29, 0.717) is 5.76 Å². The zero-order valence-electron chi connectivity index (χ0n) is 18.3. The van der Waals surface area contributed by atoms with Crippen molar-refractivity contribution in [2.75, 3.05) is 20.3 Å². The van der Waals surface area contributed by atoms with Crippen LogP contribution in [-0.4, -0.2) is 71.5 Å². The molecular weight excluding hydrogens is 424 g/mol. The average Bonchev–Trinajstić information content (AvgIpc) is 2.74. The van der Waals surface area contributed by atoms with Gasteiger partial charge in [-0.25, -0.2) is 0 Å². The Kier molecular flexibility index (Phi) is 7.42. The van der Waals surface area contributed by atoms with E-state index in [1.807, 2.05) is 13.8 Å². The number of hydrogen-bond donors (Lipinski definition) is 4. The molecule has 176 valence electrons. The van der Waals surface area contributed by atoms with Gasteiger partial charge in [-0.1, -0.05) is 5.57 Å². The Labute approximate surface area is 184 Å². The molecule has 2 aromatic rings. The van der Waals surface area contributed by atoms with Crippen LogP contribution in [-0.2, 0) is 4.74 Å². The smallest absolute Gasteiger partial charge is 0.229 e. The molecule has 5 atom stereocenters. The van der Waals surface area contributed by atoms with Gasteiger partial charge in [0.2, 0.25) is 12.0 Å². The van der Waals surface area contributed by atoms with Gasteiger partial charge in [0.1, 0.15) is 47.8 Å². The van der Waals surface area contributed by atoms with Crippen LogP contribution in [0.2, 0.25) is 0 Å². The first-order valence-corrected chi connectivity index (χ1v) is 10.1. The highest BCUT2D eigenvalue weighted by Gasteiger charge is 2.45. The molecule has 4 N–H and O–H groups in total. The lowest BCUT2D eigenvalue weighted by Gasteiger charge is -2.39. The molecule has 0 saturated carbocycles. The maximum absolute atomic E-state index is 12.8. The largest absolute Gasteiger partial charge is 0.493 e. The van der Waals surface area contributed by atoms with Crippen LogP contribution in [0.4, 0.5) is 0 Å². The molecule has 10 heteroatoms. The van der Waals surface area contributed by atoms with Gasteiger partial charge in [0, 0.05) is 12.1 Å². The monoisotopic (exact) mass is 452 g/mol. The standard InChI is InChI=1S/C22H28O10/c1-10(2)5-6-29-20-14(28-4)8-13-16(12(24)7-11(3)30-13)21(20)32-22-19(27)18(26)17(25)15(9-23)31-22/h5,7-8,15,17-19,22-23,25-27H,6,9H2,1-4H3. The summed E-state index contributed by atoms with van der Waals surface area (Å²) in [7, 11) is 1.40. The van der Waals surface area contributed by atoms with Crippen LogP contribution in [0.25, 0.3) is 11.0 Å². The van der Waals surface area contributed by atoms with Gasteiger partial charge in [-0.15, -0.1) is 0 Å². The molecule has 5 unspecified atom stereocenters. The molecule has 32 heavy (non-hydrogen) atoms. The highest BCUT2D eigenvalue weighted by molar-refractivity contribution is 5.89. The lowest BCUT2D eigenvalue weighted by molar-refractivity contribution is -0.277. The number of hydrogen-bond acceptors (Lipinski definition) is 10. The third-order valence-corrected chi connectivity index (χ3v) is 5.04. The predicted molar refractivity (Wildman–Crippen MR) is 113 cm³/mol. The van der Waals surface area contributed by atoms with Gasteiger partial charge in [0.15, 0.2) is 16.9 Å². The molecule has 1 aliphatic rings. The normalized spacial score (nSPS) is 25.4. The van der Waals surface area contributed by atoms with E-state index in [2.05, 4.69) is 0 Å². The minimum atomic E-state index is -1.68. The van der Waals surface area contributed by atoms with Crippen molar-refractivity contribution in [1.82, 2.24) is 0 Å². The molecule has 1 fully saturated rings. The summed E-state index contributed by atoms with van der Waals surface area (Å²) in [5, 5.41) is 40.0. The lowest BCUT2D eigenvalue weighted by Crippen LogP contribution is -2.60. The minimum Gasteiger partial charge on any atom is -0.493 e. The van der Waals surface area contributed by atoms with Crippen molar-refractivity contribution in [1.29, 1.82) is 0 Å². The summed E-state index contributed by atoms with van der Waals surface area (Å²) >= 11 is 0. The lowest BCUT2D eigenvalue weighted by atomic mass is 9.99. The van der Waals surface area contributed by atoms with Gasteiger partial charge in [-0.3, -0.25) is 4.79 Å². The van der Waals surface area contributed by atoms with E-state index in [-0.39, 0.29) is 34.8 Å². The third kappa shape index (κ3) is 4.74. The summed E-state index contributed by atoms with van der Waals surface area (Å²) in [5.41, 5.74) is 0.718. The second-order valence-corrected chi connectivity index (χ2v) is 7.74. The molecule has 0 bridgehead atoms. The quantitative estimate of drug-likeness (QED) is 0.441. The number of aliphatic hydroxyl groups excluding tert-OH is 4. The summed E-state index contributed by atoms with van der Waals surface area (Å²) < 4.78 is 28.2. The number of rotatable bonds is 7. The van der Waals surface area contributed by atoms with E-state index in [1.165, 1.54) is 19.2 Å². The van der Waals surface area contributed by atoms with Crippen molar-refractivity contribution in [3.05, 3.63) is 39.8 Å².